The highest BCUT2D eigenvalue weighted by Gasteiger charge is 2.16. The van der Waals surface area contributed by atoms with Crippen molar-refractivity contribution in [3.8, 4) is 0 Å². The van der Waals surface area contributed by atoms with Crippen LogP contribution in [0.1, 0.15) is 33.3 Å². The van der Waals surface area contributed by atoms with E-state index in [4.69, 9.17) is 23.2 Å². The molecule has 1 rings (SSSR count). The summed E-state index contributed by atoms with van der Waals surface area (Å²) in [5, 5.41) is 5.08. The first-order valence-electron chi connectivity index (χ1n) is 6.63. The predicted molar refractivity (Wildman–Crippen MR) is 89.8 cm³/mol. The molecule has 108 valence electrons. The van der Waals surface area contributed by atoms with Gasteiger partial charge < -0.3 is 5.32 Å². The maximum absolute atomic E-state index is 6.24. The van der Waals surface area contributed by atoms with Crippen LogP contribution in [0.5, 0.6) is 0 Å². The van der Waals surface area contributed by atoms with Crippen molar-refractivity contribution in [1.82, 2.24) is 5.32 Å². The molecule has 0 aliphatic heterocycles. The second kappa shape index (κ2) is 7.78. The maximum atomic E-state index is 6.24. The van der Waals surface area contributed by atoms with Gasteiger partial charge in [0.25, 0.3) is 0 Å². The summed E-state index contributed by atoms with van der Waals surface area (Å²) in [7, 11) is 0. The molecule has 0 aromatic heterocycles. The molecule has 1 atom stereocenters. The van der Waals surface area contributed by atoms with Crippen LogP contribution in [-0.2, 0) is 6.42 Å². The van der Waals surface area contributed by atoms with Crippen LogP contribution in [-0.4, -0.2) is 23.1 Å². The van der Waals surface area contributed by atoms with Crippen LogP contribution in [0, 0.1) is 0 Å². The highest BCUT2D eigenvalue weighted by atomic mass is 35.5. The summed E-state index contributed by atoms with van der Waals surface area (Å²) in [5.74, 6) is 1.07. The predicted octanol–water partition coefficient (Wildman–Crippen LogP) is 5.05. The van der Waals surface area contributed by atoms with E-state index in [1.165, 1.54) is 0 Å². The number of thioether (sulfide) groups is 1. The van der Waals surface area contributed by atoms with Crippen LogP contribution in [0.15, 0.2) is 18.2 Å². The van der Waals surface area contributed by atoms with E-state index in [9.17, 15) is 0 Å². The van der Waals surface area contributed by atoms with E-state index in [1.807, 2.05) is 30.0 Å². The third-order valence-electron chi connectivity index (χ3n) is 2.68. The molecule has 0 heterocycles. The van der Waals surface area contributed by atoms with Crippen LogP contribution < -0.4 is 5.32 Å². The summed E-state index contributed by atoms with van der Waals surface area (Å²) in [6.07, 6.45) is 0.913. The fourth-order valence-electron chi connectivity index (χ4n) is 1.79. The Morgan fingerprint density at radius 2 is 1.95 bits per heavy atom. The molecular weight excluding hydrogens is 297 g/mol. The minimum Gasteiger partial charge on any atom is -0.313 e. The smallest absolute Gasteiger partial charge is 0.0439 e. The number of likely N-dealkylation sites (N-methyl/N-ethyl adjacent to an activating group) is 1. The second-order valence-corrected chi connectivity index (χ2v) is 8.31. The molecule has 19 heavy (non-hydrogen) atoms. The van der Waals surface area contributed by atoms with Crippen molar-refractivity contribution in [2.75, 3.05) is 12.3 Å². The number of hydrogen-bond donors (Lipinski definition) is 1. The Morgan fingerprint density at radius 3 is 2.53 bits per heavy atom. The molecular formula is C15H23Cl2NS. The molecule has 1 aromatic rings. The van der Waals surface area contributed by atoms with Gasteiger partial charge in [-0.3, -0.25) is 0 Å². The van der Waals surface area contributed by atoms with Crippen molar-refractivity contribution in [3.05, 3.63) is 33.8 Å². The molecule has 0 saturated heterocycles. The Morgan fingerprint density at radius 1 is 1.26 bits per heavy atom. The lowest BCUT2D eigenvalue weighted by Crippen LogP contribution is -2.34. The minimum atomic E-state index is 0.284. The standard InChI is InChI=1S/C15H23Cl2NS/c1-5-18-13(10-19-15(2,3)4)9-11-8-12(16)6-7-14(11)17/h6-8,13,18H,5,9-10H2,1-4H3. The van der Waals surface area contributed by atoms with Crippen LogP contribution in [0.25, 0.3) is 0 Å². The van der Waals surface area contributed by atoms with Gasteiger partial charge in [-0.1, -0.05) is 50.9 Å². The lowest BCUT2D eigenvalue weighted by atomic mass is 10.1. The highest BCUT2D eigenvalue weighted by Crippen LogP contribution is 2.26. The summed E-state index contributed by atoms with van der Waals surface area (Å²) in [5.41, 5.74) is 1.12. The Kier molecular flexibility index (Phi) is 7.02. The number of benzene rings is 1. The SMILES string of the molecule is CCNC(CSC(C)(C)C)Cc1cc(Cl)ccc1Cl. The highest BCUT2D eigenvalue weighted by molar-refractivity contribution is 8.00. The average Bonchev–Trinajstić information content (AvgIpc) is 2.30. The van der Waals surface area contributed by atoms with Gasteiger partial charge in [-0.15, -0.1) is 0 Å². The summed E-state index contributed by atoms with van der Waals surface area (Å²) in [6, 6.07) is 6.10. The summed E-state index contributed by atoms with van der Waals surface area (Å²) >= 11 is 14.3. The second-order valence-electron chi connectivity index (χ2n) is 5.62. The van der Waals surface area contributed by atoms with E-state index >= 15 is 0 Å². The Balaban J connectivity index is 2.69. The van der Waals surface area contributed by atoms with Crippen LogP contribution in [0.3, 0.4) is 0 Å². The van der Waals surface area contributed by atoms with E-state index in [2.05, 4.69) is 33.0 Å². The summed E-state index contributed by atoms with van der Waals surface area (Å²) in [4.78, 5) is 0. The van der Waals surface area contributed by atoms with Crippen molar-refractivity contribution in [1.29, 1.82) is 0 Å². The van der Waals surface area contributed by atoms with Crippen LogP contribution in [0.4, 0.5) is 0 Å². The van der Waals surface area contributed by atoms with Crippen LogP contribution in [0.2, 0.25) is 10.0 Å². The Bertz CT molecular complexity index is 402. The third-order valence-corrected chi connectivity index (χ3v) is 4.72. The van der Waals surface area contributed by atoms with Gasteiger partial charge >= 0.3 is 0 Å². The monoisotopic (exact) mass is 319 g/mol. The zero-order chi connectivity index (χ0) is 14.5. The van der Waals surface area contributed by atoms with Gasteiger partial charge in [-0.25, -0.2) is 0 Å². The molecule has 0 aliphatic rings. The largest absolute Gasteiger partial charge is 0.313 e. The van der Waals surface area contributed by atoms with E-state index in [1.54, 1.807) is 0 Å². The van der Waals surface area contributed by atoms with E-state index in [0.717, 1.165) is 34.3 Å². The first kappa shape index (κ1) is 17.2. The quantitative estimate of drug-likeness (QED) is 0.787. The Hall–Kier alpha value is 0.110. The number of halogens is 2. The zero-order valence-electron chi connectivity index (χ0n) is 12.1. The Labute approximate surface area is 131 Å². The molecule has 1 nitrogen and oxygen atoms in total. The molecule has 1 aromatic carbocycles. The van der Waals surface area contributed by atoms with Crippen molar-refractivity contribution >= 4 is 35.0 Å². The topological polar surface area (TPSA) is 12.0 Å². The van der Waals surface area contributed by atoms with E-state index < -0.39 is 0 Å². The maximum Gasteiger partial charge on any atom is 0.0439 e. The molecule has 0 spiro atoms. The van der Waals surface area contributed by atoms with Gasteiger partial charge in [0.15, 0.2) is 0 Å². The molecule has 0 bridgehead atoms. The summed E-state index contributed by atoms with van der Waals surface area (Å²) < 4.78 is 0.284. The number of nitrogens with one attached hydrogen (secondary N) is 1. The van der Waals surface area contributed by atoms with Crippen LogP contribution >= 0.6 is 35.0 Å². The van der Waals surface area contributed by atoms with Crippen molar-refractivity contribution in [2.24, 2.45) is 0 Å². The van der Waals surface area contributed by atoms with Gasteiger partial charge in [0.1, 0.15) is 0 Å². The molecule has 4 heteroatoms. The normalized spacial score (nSPS) is 13.6. The first-order chi connectivity index (χ1) is 8.81. The molecule has 0 fully saturated rings. The zero-order valence-corrected chi connectivity index (χ0v) is 14.4. The average molecular weight is 320 g/mol. The lowest BCUT2D eigenvalue weighted by molar-refractivity contribution is 0.570. The van der Waals surface area contributed by atoms with Gasteiger partial charge in [0.2, 0.25) is 0 Å². The van der Waals surface area contributed by atoms with Crippen molar-refractivity contribution in [3.63, 3.8) is 0 Å². The van der Waals surface area contributed by atoms with Gasteiger partial charge in [0.05, 0.1) is 0 Å². The molecule has 0 radical (unpaired) electrons. The van der Waals surface area contributed by atoms with Gasteiger partial charge in [-0.05, 0) is 36.7 Å². The first-order valence-corrected chi connectivity index (χ1v) is 8.37. The molecule has 0 aliphatic carbocycles. The molecule has 0 saturated carbocycles. The minimum absolute atomic E-state index is 0.284. The lowest BCUT2D eigenvalue weighted by Gasteiger charge is -2.24. The molecule has 1 unspecified atom stereocenters. The fourth-order valence-corrected chi connectivity index (χ4v) is 3.12. The van der Waals surface area contributed by atoms with Gasteiger partial charge in [0, 0.05) is 26.6 Å². The van der Waals surface area contributed by atoms with E-state index in [0.29, 0.717) is 6.04 Å². The third kappa shape index (κ3) is 6.89. The number of rotatable bonds is 6. The molecule has 1 N–H and O–H groups in total. The number of hydrogen-bond acceptors (Lipinski definition) is 2. The summed E-state index contributed by atoms with van der Waals surface area (Å²) in [6.45, 7) is 9.83. The van der Waals surface area contributed by atoms with Crippen molar-refractivity contribution in [2.45, 2.75) is 44.9 Å². The van der Waals surface area contributed by atoms with Crippen molar-refractivity contribution < 1.29 is 0 Å². The van der Waals surface area contributed by atoms with Gasteiger partial charge in [-0.2, -0.15) is 11.8 Å². The van der Waals surface area contributed by atoms with E-state index in [-0.39, 0.29) is 4.75 Å². The fraction of sp³-hybridized carbons (Fsp3) is 0.600. The molecule has 0 amide bonds.